The zero-order valence-electron chi connectivity index (χ0n) is 48.0. The number of likely N-dealkylation sites (tertiary alicyclic amines) is 2. The molecular weight excluding hydrogens is 884 g/mol. The SMILES string of the molecule is C/C(=C\[C@H](C(C)C)N(C)C(=O)C(NC(=O)[C@H]1CCCCN1C(C)C(C)C)C(C)(C)C)C(=O)O.CCOC(=O)/C(C)=C/[C@H](C(C)C)N(C)C(=O)C(NC(=O)[C@H]1CCCCN1C(C)C(C)C)C(C)(C)C.[Li+].[OH-]. The molecule has 4 N–H and O–H groups in total. The Morgan fingerprint density at radius 2 is 0.943 bits per heavy atom. The summed E-state index contributed by atoms with van der Waals surface area (Å²) in [4.78, 5) is 85.9. The second-order valence-corrected chi connectivity index (χ2v) is 23.2. The van der Waals surface area contributed by atoms with Crippen molar-refractivity contribution in [3.8, 4) is 0 Å². The largest absolute Gasteiger partial charge is 1.00 e. The summed E-state index contributed by atoms with van der Waals surface area (Å²) in [7, 11) is 3.44. The third-order valence-corrected chi connectivity index (χ3v) is 14.2. The molecule has 0 aromatic rings. The normalized spacial score (nSPS) is 20.1. The third kappa shape index (κ3) is 20.4. The molecule has 4 amide bonds. The molecule has 0 saturated carbocycles. The molecule has 2 aliphatic heterocycles. The van der Waals surface area contributed by atoms with Crippen LogP contribution in [0, 0.1) is 34.5 Å². The Morgan fingerprint density at radius 3 is 1.21 bits per heavy atom. The van der Waals surface area contributed by atoms with Crippen LogP contribution in [0.4, 0.5) is 0 Å². The van der Waals surface area contributed by atoms with E-state index >= 15 is 0 Å². The van der Waals surface area contributed by atoms with Crippen molar-refractivity contribution in [3.63, 3.8) is 0 Å². The van der Waals surface area contributed by atoms with E-state index in [0.717, 1.165) is 51.6 Å². The van der Waals surface area contributed by atoms with Crippen LogP contribution in [0.3, 0.4) is 0 Å². The van der Waals surface area contributed by atoms with E-state index in [9.17, 15) is 33.9 Å². The van der Waals surface area contributed by atoms with Gasteiger partial charge in [0.05, 0.1) is 30.8 Å². The Hall–Kier alpha value is -3.22. The summed E-state index contributed by atoms with van der Waals surface area (Å²) < 4.78 is 5.12. The van der Waals surface area contributed by atoms with E-state index in [0.29, 0.717) is 30.1 Å². The summed E-state index contributed by atoms with van der Waals surface area (Å²) in [5.41, 5.74) is -0.310. The Balaban J connectivity index is 0. The quantitative estimate of drug-likeness (QED) is 0.0878. The van der Waals surface area contributed by atoms with Gasteiger partial charge in [0.25, 0.3) is 0 Å². The number of carbonyl (C=O) groups excluding carboxylic acids is 5. The fourth-order valence-electron chi connectivity index (χ4n) is 9.09. The molecule has 2 fully saturated rings. The van der Waals surface area contributed by atoms with Gasteiger partial charge in [-0.1, -0.05) is 122 Å². The number of likely N-dealkylation sites (N-methyl/N-ethyl adjacent to an activating group) is 2. The first-order valence-corrected chi connectivity index (χ1v) is 25.6. The minimum Gasteiger partial charge on any atom is -0.870 e. The van der Waals surface area contributed by atoms with Crippen molar-refractivity contribution in [3.05, 3.63) is 23.3 Å². The number of piperidine rings is 2. The van der Waals surface area contributed by atoms with Crippen molar-refractivity contribution in [2.24, 2.45) is 34.5 Å². The number of carbonyl (C=O) groups is 6. The van der Waals surface area contributed by atoms with E-state index in [1.165, 1.54) is 6.92 Å². The van der Waals surface area contributed by atoms with Gasteiger partial charge in [-0.2, -0.15) is 0 Å². The van der Waals surface area contributed by atoms with E-state index in [2.05, 4.69) is 62.0 Å². The first-order valence-electron chi connectivity index (χ1n) is 25.6. The molecule has 0 bridgehead atoms. The van der Waals surface area contributed by atoms with Crippen LogP contribution >= 0.6 is 0 Å². The van der Waals surface area contributed by atoms with E-state index in [4.69, 9.17) is 4.74 Å². The molecule has 2 heterocycles. The van der Waals surface area contributed by atoms with Crippen LogP contribution in [0.15, 0.2) is 23.3 Å². The number of carboxylic acid groups (broad SMARTS) is 1. The first kappa shape index (κ1) is 68.9. The predicted octanol–water partition coefficient (Wildman–Crippen LogP) is 5.17. The molecule has 2 saturated heterocycles. The smallest absolute Gasteiger partial charge is 0.870 e. The van der Waals surface area contributed by atoms with Gasteiger partial charge in [0.15, 0.2) is 0 Å². The van der Waals surface area contributed by atoms with Crippen molar-refractivity contribution in [2.75, 3.05) is 33.8 Å². The van der Waals surface area contributed by atoms with E-state index in [1.54, 1.807) is 49.9 Å². The van der Waals surface area contributed by atoms with E-state index in [-0.39, 0.29) is 102 Å². The molecule has 0 aromatic heterocycles. The molecule has 16 heteroatoms. The van der Waals surface area contributed by atoms with Crippen LogP contribution in [-0.2, 0) is 33.5 Å². The molecule has 0 aliphatic carbocycles. The Bertz CT molecular complexity index is 1740. The van der Waals surface area contributed by atoms with Gasteiger partial charge in [0.2, 0.25) is 23.6 Å². The summed E-state index contributed by atoms with van der Waals surface area (Å²) in [6.45, 7) is 39.9. The van der Waals surface area contributed by atoms with Crippen molar-refractivity contribution in [1.82, 2.24) is 30.2 Å². The predicted molar refractivity (Wildman–Crippen MR) is 277 cm³/mol. The Labute approximate surface area is 436 Å². The maximum absolute atomic E-state index is 13.8. The maximum atomic E-state index is 13.8. The number of nitrogens with zero attached hydrogens (tertiary/aromatic N) is 4. The number of nitrogens with one attached hydrogen (secondary N) is 2. The second-order valence-electron chi connectivity index (χ2n) is 23.2. The summed E-state index contributed by atoms with van der Waals surface area (Å²) in [6, 6.07) is -1.99. The molecule has 8 atom stereocenters. The van der Waals surface area contributed by atoms with Crippen LogP contribution in [0.25, 0.3) is 0 Å². The van der Waals surface area contributed by atoms with Gasteiger partial charge in [-0.25, -0.2) is 9.59 Å². The van der Waals surface area contributed by atoms with Crippen LogP contribution in [-0.4, -0.2) is 148 Å². The van der Waals surface area contributed by atoms with Crippen LogP contribution in [0.5, 0.6) is 0 Å². The van der Waals surface area contributed by atoms with Gasteiger partial charge in [0.1, 0.15) is 12.1 Å². The summed E-state index contributed by atoms with van der Waals surface area (Å²) >= 11 is 0. The fourth-order valence-corrected chi connectivity index (χ4v) is 9.09. The second kappa shape index (κ2) is 30.7. The first-order chi connectivity index (χ1) is 31.2. The molecule has 4 unspecified atom stereocenters. The van der Waals surface area contributed by atoms with Crippen molar-refractivity contribution >= 4 is 35.6 Å². The average molecular weight is 983 g/mol. The van der Waals surface area contributed by atoms with Crippen LogP contribution < -0.4 is 29.5 Å². The fraction of sp³-hybridized carbons (Fsp3) is 0.815. The van der Waals surface area contributed by atoms with E-state index in [1.807, 2.05) is 69.2 Å². The minimum absolute atomic E-state index is 0. The number of hydrogen-bond donors (Lipinski definition) is 3. The molecule has 0 aromatic carbocycles. The molecule has 2 aliphatic rings. The van der Waals surface area contributed by atoms with Crippen molar-refractivity contribution in [2.45, 2.75) is 218 Å². The van der Waals surface area contributed by atoms with Gasteiger partial charge >= 0.3 is 30.8 Å². The standard InChI is InChI=1S/C28H51N3O4.C26H47N3O4.Li.H2O/c1-12-35-27(34)20(6)17-23(19(4)5)30(11)26(33)24(28(8,9)10)29-25(32)22-15-13-14-16-31(22)21(7)18(2)3;1-16(2)19(6)29-14-12-11-13-20(29)23(30)27-22(26(7,8)9)24(31)28(10)21(17(3)4)15-18(5)25(32)33;;/h17-19,21-24H,12-16H2,1-11H3,(H,29,32);15-17,19-22H,11-14H2,1-10H3,(H,27,30)(H,32,33);;1H2/q;;+1;/p-1/b20-17+;18-15+;;/t21?,22-,23-,24?;19?,20-,21-,22?;;/m11../s1. The number of carboxylic acids is 1. The van der Waals surface area contributed by atoms with Crippen molar-refractivity contribution < 1.29 is 62.9 Å². The number of ether oxygens (including phenoxy) is 1. The van der Waals surface area contributed by atoms with E-state index < -0.39 is 28.9 Å². The van der Waals surface area contributed by atoms with Gasteiger partial charge in [-0.3, -0.25) is 29.0 Å². The summed E-state index contributed by atoms with van der Waals surface area (Å²) in [5, 5.41) is 15.5. The maximum Gasteiger partial charge on any atom is 1.00 e. The van der Waals surface area contributed by atoms with Crippen LogP contribution in [0.2, 0.25) is 0 Å². The third-order valence-electron chi connectivity index (χ3n) is 14.2. The van der Waals surface area contributed by atoms with Crippen LogP contribution in [0.1, 0.15) is 170 Å². The molecular formula is C54H99LiN6O9. The zero-order valence-corrected chi connectivity index (χ0v) is 48.0. The average Bonchev–Trinajstić information content (AvgIpc) is 3.25. The monoisotopic (exact) mass is 983 g/mol. The van der Waals surface area contributed by atoms with Crippen molar-refractivity contribution in [1.29, 1.82) is 0 Å². The van der Waals surface area contributed by atoms with Gasteiger partial charge < -0.3 is 35.8 Å². The Morgan fingerprint density at radius 1 is 0.614 bits per heavy atom. The number of rotatable bonds is 19. The number of amides is 4. The number of esters is 1. The molecule has 15 nitrogen and oxygen atoms in total. The molecule has 0 radical (unpaired) electrons. The minimum atomic E-state index is -1.00. The van der Waals surface area contributed by atoms with Gasteiger partial charge in [-0.05, 0) is 108 Å². The molecule has 0 spiro atoms. The zero-order chi connectivity index (χ0) is 52.8. The number of hydrogen-bond acceptors (Lipinski definition) is 10. The molecule has 70 heavy (non-hydrogen) atoms. The topological polar surface area (TPSA) is 199 Å². The summed E-state index contributed by atoms with van der Waals surface area (Å²) in [5.74, 6) is -0.942. The molecule has 2 rings (SSSR count). The van der Waals surface area contributed by atoms with Gasteiger partial charge in [0, 0.05) is 37.3 Å². The summed E-state index contributed by atoms with van der Waals surface area (Å²) in [6.07, 6.45) is 9.21. The Kier molecular flexibility index (Phi) is 30.2. The molecule has 400 valence electrons. The number of aliphatic carboxylic acids is 1. The van der Waals surface area contributed by atoms with Gasteiger partial charge in [-0.15, -0.1) is 0 Å².